The van der Waals surface area contributed by atoms with Crippen LogP contribution in [0.1, 0.15) is 43.7 Å². The highest BCUT2D eigenvalue weighted by Crippen LogP contribution is 2.22. The van der Waals surface area contributed by atoms with Crippen LogP contribution in [-0.2, 0) is 27.2 Å². The molecule has 2 saturated heterocycles. The van der Waals surface area contributed by atoms with Crippen LogP contribution in [0.15, 0.2) is 48.5 Å². The molecule has 198 valence electrons. The lowest BCUT2D eigenvalue weighted by atomic mass is 9.90. The van der Waals surface area contributed by atoms with Crippen molar-refractivity contribution in [3.63, 3.8) is 0 Å². The molecule has 2 heterocycles. The van der Waals surface area contributed by atoms with Crippen LogP contribution in [0.25, 0.3) is 0 Å². The van der Waals surface area contributed by atoms with Crippen LogP contribution < -0.4 is 5.32 Å². The molecular formula is C28H37ClF2N2O3. The molecule has 2 aliphatic heterocycles. The molecule has 2 aromatic rings. The lowest BCUT2D eigenvalue weighted by Gasteiger charge is -2.31. The van der Waals surface area contributed by atoms with Crippen LogP contribution in [0.2, 0.25) is 0 Å². The third-order valence-corrected chi connectivity index (χ3v) is 6.69. The first-order chi connectivity index (χ1) is 16.9. The van der Waals surface area contributed by atoms with Crippen LogP contribution in [0.5, 0.6) is 0 Å². The van der Waals surface area contributed by atoms with Gasteiger partial charge in [-0.25, -0.2) is 13.6 Å². The normalized spacial score (nSPS) is 16.4. The number of halogens is 3. The summed E-state index contributed by atoms with van der Waals surface area (Å²) in [6.45, 7) is 5.30. The van der Waals surface area contributed by atoms with Crippen molar-refractivity contribution in [1.82, 2.24) is 10.2 Å². The lowest BCUT2D eigenvalue weighted by Crippen LogP contribution is -2.43. The topological polar surface area (TPSA) is 58.6 Å². The highest BCUT2D eigenvalue weighted by Gasteiger charge is 2.27. The number of ether oxygens (including phenoxy) is 1. The molecule has 2 fully saturated rings. The monoisotopic (exact) mass is 522 g/mol. The average molecular weight is 523 g/mol. The molecule has 0 spiro atoms. The first-order valence-corrected chi connectivity index (χ1v) is 12.6. The fourth-order valence-electron chi connectivity index (χ4n) is 4.66. The van der Waals surface area contributed by atoms with Gasteiger partial charge in [-0.3, -0.25) is 4.79 Å². The SMILES string of the molecule is CCOC(=O)C(=O)N1CCC(Cc2ccc(F)cc2)CC1.Cl.Fc1ccc(CC2CCNCC2)cc1. The molecule has 8 heteroatoms. The Morgan fingerprint density at radius 1 is 0.833 bits per heavy atom. The molecule has 0 bridgehead atoms. The minimum atomic E-state index is -0.769. The summed E-state index contributed by atoms with van der Waals surface area (Å²) in [5.41, 5.74) is 2.37. The molecule has 0 atom stereocenters. The molecule has 1 N–H and O–H groups in total. The Morgan fingerprint density at radius 3 is 1.72 bits per heavy atom. The van der Waals surface area contributed by atoms with Gasteiger partial charge in [0.2, 0.25) is 0 Å². The van der Waals surface area contributed by atoms with Gasteiger partial charge in [0, 0.05) is 13.1 Å². The van der Waals surface area contributed by atoms with Crippen molar-refractivity contribution in [3.8, 4) is 0 Å². The third kappa shape index (κ3) is 9.86. The fourth-order valence-corrected chi connectivity index (χ4v) is 4.66. The Balaban J connectivity index is 0.000000265. The highest BCUT2D eigenvalue weighted by molar-refractivity contribution is 6.32. The molecule has 2 aromatic carbocycles. The van der Waals surface area contributed by atoms with Crippen LogP contribution in [0, 0.1) is 23.5 Å². The third-order valence-electron chi connectivity index (χ3n) is 6.69. The summed E-state index contributed by atoms with van der Waals surface area (Å²) < 4.78 is 30.2. The highest BCUT2D eigenvalue weighted by atomic mass is 35.5. The number of hydrogen-bond donors (Lipinski definition) is 1. The Bertz CT molecular complexity index is 927. The van der Waals surface area contributed by atoms with Crippen molar-refractivity contribution in [1.29, 1.82) is 0 Å². The van der Waals surface area contributed by atoms with Gasteiger partial charge in [0.1, 0.15) is 11.6 Å². The molecule has 0 aliphatic carbocycles. The molecular weight excluding hydrogens is 486 g/mol. The van der Waals surface area contributed by atoms with Gasteiger partial charge in [-0.2, -0.15) is 0 Å². The number of nitrogens with one attached hydrogen (secondary N) is 1. The summed E-state index contributed by atoms with van der Waals surface area (Å²) in [4.78, 5) is 24.8. The van der Waals surface area contributed by atoms with Gasteiger partial charge in [-0.1, -0.05) is 24.3 Å². The summed E-state index contributed by atoms with van der Waals surface area (Å²) >= 11 is 0. The zero-order valence-corrected chi connectivity index (χ0v) is 21.7. The van der Waals surface area contributed by atoms with Crippen molar-refractivity contribution >= 4 is 24.3 Å². The van der Waals surface area contributed by atoms with E-state index in [1.54, 1.807) is 36.1 Å². The maximum Gasteiger partial charge on any atom is 0.397 e. The molecule has 0 unspecified atom stereocenters. The second-order valence-electron chi connectivity index (χ2n) is 9.31. The summed E-state index contributed by atoms with van der Waals surface area (Å²) in [6, 6.07) is 13.4. The van der Waals surface area contributed by atoms with Crippen LogP contribution in [-0.4, -0.2) is 49.6 Å². The van der Waals surface area contributed by atoms with Crippen molar-refractivity contribution in [2.45, 2.75) is 45.4 Å². The van der Waals surface area contributed by atoms with E-state index in [1.807, 2.05) is 12.1 Å². The van der Waals surface area contributed by atoms with Gasteiger partial charge in [0.05, 0.1) is 6.61 Å². The molecule has 4 rings (SSSR count). The predicted octanol–water partition coefficient (Wildman–Crippen LogP) is 4.96. The number of hydrogen-bond acceptors (Lipinski definition) is 4. The minimum absolute atomic E-state index is 0. The predicted molar refractivity (Wildman–Crippen MR) is 139 cm³/mol. The number of piperidine rings is 2. The zero-order valence-electron chi connectivity index (χ0n) is 20.9. The van der Waals surface area contributed by atoms with Gasteiger partial charge in [0.25, 0.3) is 0 Å². The quantitative estimate of drug-likeness (QED) is 0.445. The number of nitrogens with zero attached hydrogens (tertiary/aromatic N) is 1. The maximum atomic E-state index is 12.9. The van der Waals surface area contributed by atoms with Crippen LogP contribution >= 0.6 is 12.4 Å². The first kappa shape index (κ1) is 29.7. The molecule has 1 amide bonds. The van der Waals surface area contributed by atoms with E-state index in [-0.39, 0.29) is 30.6 Å². The Morgan fingerprint density at radius 2 is 1.28 bits per heavy atom. The molecule has 0 radical (unpaired) electrons. The molecule has 0 saturated carbocycles. The Labute approximate surface area is 219 Å². The number of amides is 1. The first-order valence-electron chi connectivity index (χ1n) is 12.6. The van der Waals surface area contributed by atoms with Gasteiger partial charge >= 0.3 is 11.9 Å². The second kappa shape index (κ2) is 15.6. The Hall–Kier alpha value is -2.51. The number of esters is 1. The smallest absolute Gasteiger partial charge is 0.397 e. The Kier molecular flexibility index (Phi) is 12.9. The minimum Gasteiger partial charge on any atom is -0.459 e. The van der Waals surface area contributed by atoms with E-state index in [1.165, 1.54) is 30.5 Å². The van der Waals surface area contributed by atoms with Gasteiger partial charge in [-0.15, -0.1) is 12.4 Å². The number of rotatable bonds is 5. The van der Waals surface area contributed by atoms with E-state index in [0.29, 0.717) is 19.0 Å². The van der Waals surface area contributed by atoms with Crippen molar-refractivity contribution in [3.05, 3.63) is 71.3 Å². The van der Waals surface area contributed by atoms with Gasteiger partial charge < -0.3 is 15.0 Å². The van der Waals surface area contributed by atoms with Crippen molar-refractivity contribution in [2.75, 3.05) is 32.8 Å². The molecule has 2 aliphatic rings. The summed E-state index contributed by atoms with van der Waals surface area (Å²) in [5, 5.41) is 3.35. The van der Waals surface area contributed by atoms with Crippen molar-refractivity contribution in [2.24, 2.45) is 11.8 Å². The summed E-state index contributed by atoms with van der Waals surface area (Å²) in [5.74, 6) is -0.442. The number of carbonyl (C=O) groups excluding carboxylic acids is 2. The number of benzene rings is 2. The van der Waals surface area contributed by atoms with E-state index in [4.69, 9.17) is 4.74 Å². The lowest BCUT2D eigenvalue weighted by molar-refractivity contribution is -0.160. The van der Waals surface area contributed by atoms with Gasteiger partial charge in [-0.05, 0) is 106 Å². The van der Waals surface area contributed by atoms with Crippen LogP contribution in [0.3, 0.4) is 0 Å². The van der Waals surface area contributed by atoms with E-state index in [9.17, 15) is 18.4 Å². The van der Waals surface area contributed by atoms with E-state index in [2.05, 4.69) is 5.32 Å². The zero-order chi connectivity index (χ0) is 25.0. The van der Waals surface area contributed by atoms with E-state index < -0.39 is 11.9 Å². The van der Waals surface area contributed by atoms with Crippen molar-refractivity contribution < 1.29 is 23.1 Å². The average Bonchev–Trinajstić information content (AvgIpc) is 2.88. The maximum absolute atomic E-state index is 12.9. The largest absolute Gasteiger partial charge is 0.459 e. The van der Waals surface area contributed by atoms with E-state index in [0.717, 1.165) is 50.3 Å². The molecule has 36 heavy (non-hydrogen) atoms. The van der Waals surface area contributed by atoms with Gasteiger partial charge in [0.15, 0.2) is 0 Å². The van der Waals surface area contributed by atoms with E-state index >= 15 is 0 Å². The molecule has 5 nitrogen and oxygen atoms in total. The molecule has 0 aromatic heterocycles. The standard InChI is InChI=1S/C16H20FNO3.C12H16FN.ClH/c1-2-21-16(20)15(19)18-9-7-13(8-10-18)11-12-3-5-14(17)6-4-12;13-12-3-1-10(2-4-12)9-11-5-7-14-8-6-11;/h3-6,13H,2,7-11H2,1H3;1-4,11,14H,5-9H2;1H. The number of carbonyl (C=O) groups is 2. The number of likely N-dealkylation sites (tertiary alicyclic amines) is 1. The summed E-state index contributed by atoms with van der Waals surface area (Å²) in [7, 11) is 0. The summed E-state index contributed by atoms with van der Waals surface area (Å²) in [6.07, 6.45) is 6.17. The fraction of sp³-hybridized carbons (Fsp3) is 0.500. The second-order valence-corrected chi connectivity index (χ2v) is 9.31. The van der Waals surface area contributed by atoms with Crippen LogP contribution in [0.4, 0.5) is 8.78 Å².